The number of carbonyl (C=O) groups excluding carboxylic acids is 1. The number of furan rings is 1. The highest BCUT2D eigenvalue weighted by atomic mass is 16.7. The van der Waals surface area contributed by atoms with Crippen molar-refractivity contribution < 1.29 is 23.8 Å². The van der Waals surface area contributed by atoms with Crippen LogP contribution in [0.2, 0.25) is 0 Å². The Bertz CT molecular complexity index is 320. The SMILES string of the molecule is CCCCOC(C)OC(=O)C(O)c1ccoc1. The summed E-state index contributed by atoms with van der Waals surface area (Å²) in [5, 5.41) is 9.61. The topological polar surface area (TPSA) is 68.9 Å². The number of aliphatic hydroxyl groups excluding tert-OH is 1. The van der Waals surface area contributed by atoms with Crippen LogP contribution < -0.4 is 0 Å². The van der Waals surface area contributed by atoms with Gasteiger partial charge in [0.25, 0.3) is 0 Å². The van der Waals surface area contributed by atoms with E-state index in [4.69, 9.17) is 13.9 Å². The first-order valence-corrected chi connectivity index (χ1v) is 5.67. The van der Waals surface area contributed by atoms with Crippen LogP contribution >= 0.6 is 0 Å². The van der Waals surface area contributed by atoms with Crippen LogP contribution in [-0.2, 0) is 14.3 Å². The lowest BCUT2D eigenvalue weighted by atomic mass is 10.2. The normalized spacial score (nSPS) is 14.3. The fourth-order valence-electron chi connectivity index (χ4n) is 1.22. The van der Waals surface area contributed by atoms with Gasteiger partial charge in [-0.1, -0.05) is 13.3 Å². The molecule has 0 saturated carbocycles. The Balaban J connectivity index is 2.33. The lowest BCUT2D eigenvalue weighted by Gasteiger charge is -2.15. The second kappa shape index (κ2) is 7.09. The number of hydrogen-bond donors (Lipinski definition) is 1. The molecule has 96 valence electrons. The van der Waals surface area contributed by atoms with E-state index < -0.39 is 18.4 Å². The number of carbonyl (C=O) groups is 1. The van der Waals surface area contributed by atoms with Crippen LogP contribution in [0.15, 0.2) is 23.0 Å². The van der Waals surface area contributed by atoms with Gasteiger partial charge in [0.1, 0.15) is 0 Å². The third-order valence-electron chi connectivity index (χ3n) is 2.21. The van der Waals surface area contributed by atoms with Crippen molar-refractivity contribution in [1.29, 1.82) is 0 Å². The van der Waals surface area contributed by atoms with Crippen molar-refractivity contribution in [2.45, 2.75) is 39.1 Å². The summed E-state index contributed by atoms with van der Waals surface area (Å²) in [4.78, 5) is 11.5. The minimum absolute atomic E-state index is 0.371. The van der Waals surface area contributed by atoms with E-state index in [1.54, 1.807) is 6.92 Å². The molecule has 0 bridgehead atoms. The van der Waals surface area contributed by atoms with E-state index in [-0.39, 0.29) is 0 Å². The third-order valence-corrected chi connectivity index (χ3v) is 2.21. The van der Waals surface area contributed by atoms with Gasteiger partial charge in [-0.2, -0.15) is 0 Å². The molecule has 1 N–H and O–H groups in total. The Morgan fingerprint density at radius 3 is 2.94 bits per heavy atom. The first-order chi connectivity index (χ1) is 8.15. The van der Waals surface area contributed by atoms with Crippen molar-refractivity contribution >= 4 is 5.97 Å². The summed E-state index contributed by atoms with van der Waals surface area (Å²) in [6.45, 7) is 4.20. The molecular formula is C12H18O5. The van der Waals surface area contributed by atoms with Gasteiger partial charge in [0.05, 0.1) is 19.1 Å². The van der Waals surface area contributed by atoms with Crippen LogP contribution in [0.3, 0.4) is 0 Å². The summed E-state index contributed by atoms with van der Waals surface area (Å²) in [6.07, 6.45) is 2.62. The monoisotopic (exact) mass is 242 g/mol. The summed E-state index contributed by atoms with van der Waals surface area (Å²) >= 11 is 0. The lowest BCUT2D eigenvalue weighted by Crippen LogP contribution is -2.23. The van der Waals surface area contributed by atoms with Crippen LogP contribution in [0.4, 0.5) is 0 Å². The van der Waals surface area contributed by atoms with Gasteiger partial charge < -0.3 is 19.0 Å². The Hall–Kier alpha value is -1.33. The van der Waals surface area contributed by atoms with Crippen LogP contribution in [0.1, 0.15) is 38.4 Å². The smallest absolute Gasteiger partial charge is 0.342 e. The largest absolute Gasteiger partial charge is 0.472 e. The average Bonchev–Trinajstić information content (AvgIpc) is 2.81. The number of esters is 1. The molecule has 0 fully saturated rings. The fourth-order valence-corrected chi connectivity index (χ4v) is 1.22. The van der Waals surface area contributed by atoms with Gasteiger partial charge in [0.2, 0.25) is 0 Å². The molecule has 1 aromatic heterocycles. The summed E-state index contributed by atoms with van der Waals surface area (Å²) in [5.74, 6) is -0.740. The Kier molecular flexibility index (Phi) is 5.72. The van der Waals surface area contributed by atoms with Gasteiger partial charge in [-0.05, 0) is 19.4 Å². The zero-order valence-electron chi connectivity index (χ0n) is 10.1. The number of hydrogen-bond acceptors (Lipinski definition) is 5. The van der Waals surface area contributed by atoms with E-state index in [9.17, 15) is 9.90 Å². The Labute approximate surface area is 100 Å². The molecule has 2 atom stereocenters. The molecular weight excluding hydrogens is 224 g/mol. The van der Waals surface area contributed by atoms with Gasteiger partial charge in [0.15, 0.2) is 12.4 Å². The maximum Gasteiger partial charge on any atom is 0.342 e. The molecule has 0 amide bonds. The van der Waals surface area contributed by atoms with E-state index in [2.05, 4.69) is 0 Å². The minimum Gasteiger partial charge on any atom is -0.472 e. The molecule has 0 aliphatic carbocycles. The molecule has 1 rings (SSSR count). The molecule has 2 unspecified atom stereocenters. The Morgan fingerprint density at radius 2 is 2.35 bits per heavy atom. The predicted octanol–water partition coefficient (Wildman–Crippen LogP) is 2.02. The fraction of sp³-hybridized carbons (Fsp3) is 0.583. The highest BCUT2D eigenvalue weighted by molar-refractivity contribution is 5.76. The number of rotatable bonds is 7. The first-order valence-electron chi connectivity index (χ1n) is 5.67. The third kappa shape index (κ3) is 4.58. The molecule has 5 heteroatoms. The highest BCUT2D eigenvalue weighted by Crippen LogP contribution is 2.15. The van der Waals surface area contributed by atoms with E-state index in [0.29, 0.717) is 12.2 Å². The summed E-state index contributed by atoms with van der Waals surface area (Å²) in [7, 11) is 0. The number of unbranched alkanes of at least 4 members (excludes halogenated alkanes) is 1. The maximum absolute atomic E-state index is 11.5. The van der Waals surface area contributed by atoms with Crippen molar-refractivity contribution in [2.24, 2.45) is 0 Å². The Morgan fingerprint density at radius 1 is 1.59 bits per heavy atom. The van der Waals surface area contributed by atoms with Crippen LogP contribution in [0.5, 0.6) is 0 Å². The second-order valence-electron chi connectivity index (χ2n) is 3.69. The average molecular weight is 242 g/mol. The summed E-state index contributed by atoms with van der Waals surface area (Å²) in [5.41, 5.74) is 0.371. The first kappa shape index (κ1) is 13.7. The van der Waals surface area contributed by atoms with Gasteiger partial charge in [-0.25, -0.2) is 4.79 Å². The highest BCUT2D eigenvalue weighted by Gasteiger charge is 2.22. The van der Waals surface area contributed by atoms with Gasteiger partial charge in [-0.15, -0.1) is 0 Å². The van der Waals surface area contributed by atoms with E-state index in [0.717, 1.165) is 12.8 Å². The summed E-state index contributed by atoms with van der Waals surface area (Å²) < 4.78 is 14.9. The van der Waals surface area contributed by atoms with Gasteiger partial charge in [0, 0.05) is 5.56 Å². The van der Waals surface area contributed by atoms with Crippen LogP contribution in [-0.4, -0.2) is 24.0 Å². The molecule has 0 saturated heterocycles. The predicted molar refractivity (Wildman–Crippen MR) is 60.1 cm³/mol. The zero-order chi connectivity index (χ0) is 12.7. The summed E-state index contributed by atoms with van der Waals surface area (Å²) in [6, 6.07) is 1.51. The van der Waals surface area contributed by atoms with Crippen molar-refractivity contribution in [3.8, 4) is 0 Å². The van der Waals surface area contributed by atoms with Crippen LogP contribution in [0.25, 0.3) is 0 Å². The minimum atomic E-state index is -1.33. The van der Waals surface area contributed by atoms with Crippen molar-refractivity contribution in [3.63, 3.8) is 0 Å². The number of aliphatic hydroxyl groups is 1. The molecule has 0 radical (unpaired) electrons. The molecule has 1 aromatic rings. The molecule has 0 aromatic carbocycles. The van der Waals surface area contributed by atoms with Gasteiger partial charge in [-0.3, -0.25) is 0 Å². The van der Waals surface area contributed by atoms with Gasteiger partial charge >= 0.3 is 5.97 Å². The molecule has 17 heavy (non-hydrogen) atoms. The molecule has 0 aliphatic rings. The number of ether oxygens (including phenoxy) is 2. The van der Waals surface area contributed by atoms with Crippen molar-refractivity contribution in [2.75, 3.05) is 6.61 Å². The van der Waals surface area contributed by atoms with E-state index in [1.165, 1.54) is 18.6 Å². The lowest BCUT2D eigenvalue weighted by molar-refractivity contribution is -0.184. The quantitative estimate of drug-likeness (QED) is 0.450. The second-order valence-corrected chi connectivity index (χ2v) is 3.69. The molecule has 0 spiro atoms. The van der Waals surface area contributed by atoms with Crippen molar-refractivity contribution in [1.82, 2.24) is 0 Å². The molecule has 5 nitrogen and oxygen atoms in total. The molecule has 1 heterocycles. The standard InChI is InChI=1S/C12H18O5/c1-3-4-6-16-9(2)17-12(14)11(13)10-5-7-15-8-10/h5,7-9,11,13H,3-4,6H2,1-2H3. The van der Waals surface area contributed by atoms with Crippen LogP contribution in [0, 0.1) is 0 Å². The zero-order valence-corrected chi connectivity index (χ0v) is 10.1. The van der Waals surface area contributed by atoms with E-state index in [1.807, 2.05) is 6.92 Å². The van der Waals surface area contributed by atoms with E-state index >= 15 is 0 Å². The molecule has 0 aliphatic heterocycles. The van der Waals surface area contributed by atoms with Crippen molar-refractivity contribution in [3.05, 3.63) is 24.2 Å². The maximum atomic E-state index is 11.5.